The van der Waals surface area contributed by atoms with Crippen LogP contribution < -0.4 is 0 Å². The predicted octanol–water partition coefficient (Wildman–Crippen LogP) is 3.85. The lowest BCUT2D eigenvalue weighted by molar-refractivity contribution is -0.190. The number of carbonyl (C=O) groups excluding carboxylic acids is 1. The van der Waals surface area contributed by atoms with E-state index in [1.54, 1.807) is 0 Å². The van der Waals surface area contributed by atoms with Crippen LogP contribution in [0.5, 0.6) is 0 Å². The molecule has 4 nitrogen and oxygen atoms in total. The molecule has 1 N–H and O–H groups in total. The van der Waals surface area contributed by atoms with E-state index in [-0.39, 0.29) is 11.5 Å². The normalized spacial score (nSPS) is 25.2. The molecular weight excluding hydrogens is 304 g/mol. The minimum atomic E-state index is -0.476. The van der Waals surface area contributed by atoms with Crippen molar-refractivity contribution in [2.24, 2.45) is 5.41 Å². The van der Waals surface area contributed by atoms with Crippen LogP contribution in [0.1, 0.15) is 48.8 Å². The van der Waals surface area contributed by atoms with Crippen LogP contribution in [0.25, 0.3) is 5.57 Å². The van der Waals surface area contributed by atoms with Gasteiger partial charge in [-0.3, -0.25) is 4.79 Å². The van der Waals surface area contributed by atoms with Crippen LogP contribution >= 0.6 is 0 Å². The number of aliphatic hydroxyl groups excluding tert-OH is 1. The fourth-order valence-corrected chi connectivity index (χ4v) is 4.47. The second kappa shape index (κ2) is 5.43. The van der Waals surface area contributed by atoms with E-state index in [1.807, 2.05) is 32.0 Å². The molecule has 1 heterocycles. The van der Waals surface area contributed by atoms with Crippen molar-refractivity contribution in [3.8, 4) is 0 Å². The molecule has 2 aliphatic carbocycles. The Bertz CT molecular complexity index is 715. The standard InChI is InChI=1S/C20H24O4/c1-13-3-4-14(2)15(11-13)17-16(21)12-19(18(17)22)5-7-20(8-6-19)23-9-10-24-20/h3-4,11,22H,5-10,12H2,1-2H3. The van der Waals surface area contributed by atoms with Crippen LogP contribution in [-0.2, 0) is 14.3 Å². The zero-order valence-electron chi connectivity index (χ0n) is 14.4. The zero-order chi connectivity index (χ0) is 16.9. The van der Waals surface area contributed by atoms with Gasteiger partial charge in [-0.2, -0.15) is 0 Å². The molecule has 2 fully saturated rings. The molecule has 4 heteroatoms. The lowest BCUT2D eigenvalue weighted by Gasteiger charge is -2.41. The third kappa shape index (κ3) is 2.32. The molecule has 4 rings (SSSR count). The summed E-state index contributed by atoms with van der Waals surface area (Å²) >= 11 is 0. The van der Waals surface area contributed by atoms with Gasteiger partial charge in [0, 0.05) is 24.7 Å². The molecular formula is C20H24O4. The molecule has 0 radical (unpaired) electrons. The van der Waals surface area contributed by atoms with Crippen LogP contribution in [0.4, 0.5) is 0 Å². The first-order valence-corrected chi connectivity index (χ1v) is 8.77. The summed E-state index contributed by atoms with van der Waals surface area (Å²) in [5.41, 5.74) is 3.11. The zero-order valence-corrected chi connectivity index (χ0v) is 14.4. The summed E-state index contributed by atoms with van der Waals surface area (Å²) in [6.45, 7) is 5.28. The van der Waals surface area contributed by atoms with Gasteiger partial charge in [0.25, 0.3) is 0 Å². The summed E-state index contributed by atoms with van der Waals surface area (Å²) in [7, 11) is 0. The maximum Gasteiger partial charge on any atom is 0.168 e. The summed E-state index contributed by atoms with van der Waals surface area (Å²) in [5.74, 6) is -0.129. The highest BCUT2D eigenvalue weighted by molar-refractivity contribution is 6.24. The quantitative estimate of drug-likeness (QED) is 0.851. The Morgan fingerprint density at radius 1 is 1.04 bits per heavy atom. The fourth-order valence-electron chi connectivity index (χ4n) is 4.47. The molecule has 0 unspecified atom stereocenters. The van der Waals surface area contributed by atoms with E-state index in [0.717, 1.165) is 42.4 Å². The van der Waals surface area contributed by atoms with E-state index in [2.05, 4.69) is 0 Å². The van der Waals surface area contributed by atoms with E-state index in [0.29, 0.717) is 25.2 Å². The van der Waals surface area contributed by atoms with E-state index in [1.165, 1.54) is 0 Å². The molecule has 0 aromatic heterocycles. The van der Waals surface area contributed by atoms with Crippen molar-refractivity contribution >= 4 is 11.4 Å². The number of hydrogen-bond donors (Lipinski definition) is 1. The fraction of sp³-hybridized carbons (Fsp3) is 0.550. The topological polar surface area (TPSA) is 55.8 Å². The van der Waals surface area contributed by atoms with Crippen LogP contribution in [0.3, 0.4) is 0 Å². The van der Waals surface area contributed by atoms with Gasteiger partial charge >= 0.3 is 0 Å². The first-order valence-electron chi connectivity index (χ1n) is 8.77. The highest BCUT2D eigenvalue weighted by Gasteiger charge is 2.53. The molecule has 3 aliphatic rings. The summed E-state index contributed by atoms with van der Waals surface area (Å²) in [5, 5.41) is 11.0. The Morgan fingerprint density at radius 3 is 2.38 bits per heavy atom. The second-order valence-electron chi connectivity index (χ2n) is 7.53. The second-order valence-corrected chi connectivity index (χ2v) is 7.53. The number of rotatable bonds is 1. The first kappa shape index (κ1) is 15.9. The smallest absolute Gasteiger partial charge is 0.168 e. The maximum atomic E-state index is 12.8. The highest BCUT2D eigenvalue weighted by Crippen LogP contribution is 2.55. The molecule has 2 spiro atoms. The van der Waals surface area contributed by atoms with Crippen molar-refractivity contribution in [1.29, 1.82) is 0 Å². The number of aryl methyl sites for hydroxylation is 2. The van der Waals surface area contributed by atoms with Crippen molar-refractivity contribution in [2.75, 3.05) is 13.2 Å². The molecule has 0 atom stereocenters. The highest BCUT2D eigenvalue weighted by atomic mass is 16.7. The van der Waals surface area contributed by atoms with Gasteiger partial charge in [-0.15, -0.1) is 0 Å². The number of ether oxygens (including phenoxy) is 2. The number of aliphatic hydroxyl groups is 1. The summed E-state index contributed by atoms with van der Waals surface area (Å²) < 4.78 is 11.6. The average molecular weight is 328 g/mol. The molecule has 24 heavy (non-hydrogen) atoms. The number of Topliss-reactive ketones (excluding diaryl/α,β-unsaturated/α-hetero) is 1. The number of benzene rings is 1. The van der Waals surface area contributed by atoms with E-state index >= 15 is 0 Å². The number of allylic oxidation sites excluding steroid dienone is 2. The minimum absolute atomic E-state index is 0.0606. The van der Waals surface area contributed by atoms with E-state index in [4.69, 9.17) is 9.47 Å². The summed E-state index contributed by atoms with van der Waals surface area (Å²) in [6.07, 6.45) is 3.35. The number of hydrogen-bond acceptors (Lipinski definition) is 4. The molecule has 1 saturated heterocycles. The summed E-state index contributed by atoms with van der Waals surface area (Å²) in [4.78, 5) is 12.8. The largest absolute Gasteiger partial charge is 0.511 e. The summed E-state index contributed by atoms with van der Waals surface area (Å²) in [6, 6.07) is 6.05. The first-order chi connectivity index (χ1) is 11.4. The van der Waals surface area contributed by atoms with Crippen LogP contribution in [0, 0.1) is 19.3 Å². The van der Waals surface area contributed by atoms with Crippen LogP contribution in [0.2, 0.25) is 0 Å². The Morgan fingerprint density at radius 2 is 1.71 bits per heavy atom. The Labute approximate surface area is 142 Å². The molecule has 1 aromatic rings. The van der Waals surface area contributed by atoms with Gasteiger partial charge in [-0.25, -0.2) is 0 Å². The van der Waals surface area contributed by atoms with Crippen molar-refractivity contribution < 1.29 is 19.4 Å². The monoisotopic (exact) mass is 328 g/mol. The number of carbonyl (C=O) groups is 1. The van der Waals surface area contributed by atoms with Crippen LogP contribution in [0.15, 0.2) is 24.0 Å². The maximum absolute atomic E-state index is 12.8. The van der Waals surface area contributed by atoms with Crippen LogP contribution in [-0.4, -0.2) is 29.9 Å². The van der Waals surface area contributed by atoms with Gasteiger partial charge in [0.1, 0.15) is 5.76 Å². The third-order valence-corrected chi connectivity index (χ3v) is 5.96. The molecule has 1 saturated carbocycles. The van der Waals surface area contributed by atoms with Gasteiger partial charge in [0.05, 0.1) is 18.8 Å². The van der Waals surface area contributed by atoms with E-state index in [9.17, 15) is 9.90 Å². The SMILES string of the molecule is Cc1ccc(C)c(C2=C(O)C3(CCC4(CC3)OCCO4)CC2=O)c1. The van der Waals surface area contributed by atoms with Gasteiger partial charge < -0.3 is 14.6 Å². The van der Waals surface area contributed by atoms with Crippen molar-refractivity contribution in [2.45, 2.75) is 51.7 Å². The van der Waals surface area contributed by atoms with Gasteiger partial charge in [-0.05, 0) is 37.8 Å². The van der Waals surface area contributed by atoms with Gasteiger partial charge in [-0.1, -0.05) is 23.8 Å². The Balaban J connectivity index is 1.69. The lowest BCUT2D eigenvalue weighted by Crippen LogP contribution is -2.40. The lowest BCUT2D eigenvalue weighted by atomic mass is 9.70. The molecule has 128 valence electrons. The van der Waals surface area contributed by atoms with Gasteiger partial charge in [0.2, 0.25) is 0 Å². The average Bonchev–Trinajstić information content (AvgIpc) is 3.10. The van der Waals surface area contributed by atoms with Crippen molar-refractivity contribution in [3.05, 3.63) is 40.6 Å². The minimum Gasteiger partial charge on any atom is -0.511 e. The van der Waals surface area contributed by atoms with Crippen molar-refractivity contribution in [3.63, 3.8) is 0 Å². The van der Waals surface area contributed by atoms with Gasteiger partial charge in [0.15, 0.2) is 11.6 Å². The predicted molar refractivity (Wildman–Crippen MR) is 90.6 cm³/mol. The Hall–Kier alpha value is -1.65. The Kier molecular flexibility index (Phi) is 3.59. The van der Waals surface area contributed by atoms with E-state index < -0.39 is 11.2 Å². The molecule has 0 bridgehead atoms. The molecule has 1 aromatic carbocycles. The molecule has 0 amide bonds. The van der Waals surface area contributed by atoms with Crippen molar-refractivity contribution in [1.82, 2.24) is 0 Å². The number of ketones is 1. The third-order valence-electron chi connectivity index (χ3n) is 5.96. The molecule has 1 aliphatic heterocycles.